The zero-order valence-electron chi connectivity index (χ0n) is 12.4. The van der Waals surface area contributed by atoms with Crippen molar-refractivity contribution in [2.45, 2.75) is 52.9 Å². The van der Waals surface area contributed by atoms with Gasteiger partial charge in [-0.05, 0) is 38.5 Å². The molecule has 0 aromatic carbocycles. The van der Waals surface area contributed by atoms with Gasteiger partial charge in [-0.3, -0.25) is 0 Å². The lowest BCUT2D eigenvalue weighted by Gasteiger charge is -2.14. The van der Waals surface area contributed by atoms with Gasteiger partial charge in [0.25, 0.3) is 0 Å². The molecule has 1 saturated carbocycles. The summed E-state index contributed by atoms with van der Waals surface area (Å²) >= 11 is 0. The minimum Gasteiger partial charge on any atom is -0.370 e. The molecule has 0 saturated heterocycles. The highest BCUT2D eigenvalue weighted by Crippen LogP contribution is 2.29. The molecule has 0 atom stereocenters. The molecule has 0 radical (unpaired) electrons. The molecule has 0 spiro atoms. The van der Waals surface area contributed by atoms with E-state index in [2.05, 4.69) is 41.4 Å². The molecule has 0 unspecified atom stereocenters. The number of aryl methyl sites for hydroxylation is 1. The highest BCUT2D eigenvalue weighted by molar-refractivity contribution is 5.57. The maximum absolute atomic E-state index is 4.67. The van der Waals surface area contributed by atoms with Crippen LogP contribution in [0.25, 0.3) is 0 Å². The molecule has 1 aromatic heterocycles. The van der Waals surface area contributed by atoms with Gasteiger partial charge >= 0.3 is 0 Å². The quantitative estimate of drug-likeness (QED) is 0.754. The summed E-state index contributed by atoms with van der Waals surface area (Å²) < 4.78 is 0. The molecule has 19 heavy (non-hydrogen) atoms. The van der Waals surface area contributed by atoms with Crippen molar-refractivity contribution >= 4 is 11.6 Å². The third kappa shape index (κ3) is 4.08. The van der Waals surface area contributed by atoms with Gasteiger partial charge in [0, 0.05) is 25.1 Å². The average Bonchev–Trinajstić information content (AvgIpc) is 3.22. The van der Waals surface area contributed by atoms with Crippen molar-refractivity contribution in [3.63, 3.8) is 0 Å². The molecular formula is C15H26N4. The molecule has 4 heteroatoms. The average molecular weight is 262 g/mol. The minimum absolute atomic E-state index is 0.857. The molecule has 1 heterocycles. The van der Waals surface area contributed by atoms with E-state index in [1.165, 1.54) is 12.8 Å². The highest BCUT2D eigenvalue weighted by atomic mass is 15.1. The van der Waals surface area contributed by atoms with Crippen molar-refractivity contribution in [1.29, 1.82) is 0 Å². The molecule has 0 bridgehead atoms. The van der Waals surface area contributed by atoms with Gasteiger partial charge in [-0.2, -0.15) is 0 Å². The summed E-state index contributed by atoms with van der Waals surface area (Å²) in [4.78, 5) is 9.31. The Morgan fingerprint density at radius 3 is 2.32 bits per heavy atom. The van der Waals surface area contributed by atoms with Gasteiger partial charge < -0.3 is 10.6 Å². The maximum atomic E-state index is 4.67. The number of anilines is 2. The van der Waals surface area contributed by atoms with E-state index in [0.717, 1.165) is 61.3 Å². The van der Waals surface area contributed by atoms with Crippen LogP contribution in [0.4, 0.5) is 11.6 Å². The normalized spacial score (nSPS) is 14.5. The van der Waals surface area contributed by atoms with E-state index >= 15 is 0 Å². The Balaban J connectivity index is 2.14. The van der Waals surface area contributed by atoms with Crippen molar-refractivity contribution in [1.82, 2.24) is 9.97 Å². The number of hydrogen-bond acceptors (Lipinski definition) is 4. The first-order chi connectivity index (χ1) is 9.24. The summed E-state index contributed by atoms with van der Waals surface area (Å²) in [5.41, 5.74) is 1.15. The molecule has 1 aromatic rings. The highest BCUT2D eigenvalue weighted by Gasteiger charge is 2.21. The number of nitrogens with one attached hydrogen (secondary N) is 2. The largest absolute Gasteiger partial charge is 0.370 e. The fraction of sp³-hybridized carbons (Fsp3) is 0.733. The predicted octanol–water partition coefficient (Wildman–Crippen LogP) is 3.38. The van der Waals surface area contributed by atoms with Gasteiger partial charge in [-0.25, -0.2) is 9.97 Å². The molecule has 0 amide bonds. The van der Waals surface area contributed by atoms with Crippen LogP contribution < -0.4 is 10.6 Å². The Morgan fingerprint density at radius 2 is 1.74 bits per heavy atom. The first-order valence-corrected chi connectivity index (χ1v) is 7.59. The first kappa shape index (κ1) is 14.1. The lowest BCUT2D eigenvalue weighted by atomic mass is 10.2. The van der Waals surface area contributed by atoms with Crippen LogP contribution in [0.5, 0.6) is 0 Å². The molecule has 1 aliphatic rings. The molecule has 2 N–H and O–H groups in total. The first-order valence-electron chi connectivity index (χ1n) is 7.59. The van der Waals surface area contributed by atoms with E-state index in [4.69, 9.17) is 0 Å². The van der Waals surface area contributed by atoms with Crippen molar-refractivity contribution < 1.29 is 0 Å². The molecule has 0 aliphatic heterocycles. The Labute approximate surface area is 116 Å². The van der Waals surface area contributed by atoms with E-state index in [1.54, 1.807) is 0 Å². The fourth-order valence-corrected chi connectivity index (χ4v) is 2.05. The third-order valence-electron chi connectivity index (χ3n) is 3.46. The van der Waals surface area contributed by atoms with Crippen LogP contribution in [0, 0.1) is 12.8 Å². The van der Waals surface area contributed by atoms with Gasteiger partial charge in [0.05, 0.1) is 0 Å². The second kappa shape index (κ2) is 6.73. The van der Waals surface area contributed by atoms with E-state index in [9.17, 15) is 0 Å². The van der Waals surface area contributed by atoms with Crippen LogP contribution in [-0.4, -0.2) is 23.1 Å². The van der Waals surface area contributed by atoms with Gasteiger partial charge in [0.2, 0.25) is 0 Å². The summed E-state index contributed by atoms with van der Waals surface area (Å²) in [6.45, 7) is 8.45. The zero-order valence-corrected chi connectivity index (χ0v) is 12.4. The van der Waals surface area contributed by atoms with Crippen molar-refractivity contribution in [2.24, 2.45) is 5.92 Å². The Morgan fingerprint density at radius 1 is 1.05 bits per heavy atom. The number of hydrogen-bond donors (Lipinski definition) is 2. The maximum Gasteiger partial charge on any atom is 0.134 e. The Bertz CT molecular complexity index is 413. The van der Waals surface area contributed by atoms with E-state index in [0.29, 0.717) is 0 Å². The predicted molar refractivity (Wildman–Crippen MR) is 80.8 cm³/mol. The minimum atomic E-state index is 0.857. The van der Waals surface area contributed by atoms with Gasteiger partial charge in [-0.15, -0.1) is 0 Å². The smallest absolute Gasteiger partial charge is 0.134 e. The summed E-state index contributed by atoms with van der Waals surface area (Å²) in [5, 5.41) is 6.91. The van der Waals surface area contributed by atoms with Gasteiger partial charge in [0.1, 0.15) is 17.5 Å². The molecule has 4 nitrogen and oxygen atoms in total. The monoisotopic (exact) mass is 262 g/mol. The van der Waals surface area contributed by atoms with Crippen molar-refractivity contribution in [2.75, 3.05) is 23.7 Å². The summed E-state index contributed by atoms with van der Waals surface area (Å²) in [7, 11) is 0. The van der Waals surface area contributed by atoms with Crippen LogP contribution in [0.2, 0.25) is 0 Å². The number of rotatable bonds is 8. The molecule has 2 rings (SSSR count). The van der Waals surface area contributed by atoms with Crippen LogP contribution in [-0.2, 0) is 6.42 Å². The lowest BCUT2D eigenvalue weighted by molar-refractivity contribution is 0.819. The van der Waals surface area contributed by atoms with Crippen molar-refractivity contribution in [3.05, 3.63) is 11.4 Å². The standard InChI is InChI=1S/C15H26N4/c1-4-6-13-18-14(16-9-5-2)11(3)15(19-13)17-10-12-7-8-12/h12H,4-10H2,1-3H3,(H2,16,17,18,19). The van der Waals surface area contributed by atoms with E-state index in [-0.39, 0.29) is 0 Å². The second-order valence-corrected chi connectivity index (χ2v) is 5.46. The number of nitrogens with zero attached hydrogens (tertiary/aromatic N) is 2. The van der Waals surface area contributed by atoms with Crippen LogP contribution in [0.1, 0.15) is 50.9 Å². The van der Waals surface area contributed by atoms with Gasteiger partial charge in [-0.1, -0.05) is 13.8 Å². The third-order valence-corrected chi connectivity index (χ3v) is 3.46. The van der Waals surface area contributed by atoms with E-state index < -0.39 is 0 Å². The summed E-state index contributed by atoms with van der Waals surface area (Å²) in [6, 6.07) is 0. The summed E-state index contributed by atoms with van der Waals surface area (Å²) in [5.74, 6) is 3.82. The lowest BCUT2D eigenvalue weighted by Crippen LogP contribution is -2.13. The van der Waals surface area contributed by atoms with E-state index in [1.807, 2.05) is 0 Å². The zero-order chi connectivity index (χ0) is 13.7. The number of aromatic nitrogens is 2. The van der Waals surface area contributed by atoms with Crippen molar-refractivity contribution in [3.8, 4) is 0 Å². The molecule has 106 valence electrons. The topological polar surface area (TPSA) is 49.8 Å². The second-order valence-electron chi connectivity index (χ2n) is 5.46. The Kier molecular flexibility index (Phi) is 5.00. The fourth-order valence-electron chi connectivity index (χ4n) is 2.05. The molecule has 1 fully saturated rings. The Hall–Kier alpha value is -1.32. The van der Waals surface area contributed by atoms with Crippen LogP contribution in [0.3, 0.4) is 0 Å². The summed E-state index contributed by atoms with van der Waals surface area (Å²) in [6.07, 6.45) is 5.86. The van der Waals surface area contributed by atoms with Crippen LogP contribution in [0.15, 0.2) is 0 Å². The SMILES string of the molecule is CCCNc1nc(CCC)nc(NCC2CC2)c1C. The molecular weight excluding hydrogens is 236 g/mol. The molecule has 1 aliphatic carbocycles. The van der Waals surface area contributed by atoms with Crippen LogP contribution >= 0.6 is 0 Å². The van der Waals surface area contributed by atoms with Gasteiger partial charge in [0.15, 0.2) is 0 Å².